The van der Waals surface area contributed by atoms with Crippen LogP contribution in [-0.4, -0.2) is 30.7 Å². The Kier molecular flexibility index (Phi) is 6.87. The van der Waals surface area contributed by atoms with E-state index in [1.54, 1.807) is 24.3 Å². The van der Waals surface area contributed by atoms with Gasteiger partial charge in [-0.15, -0.1) is 0 Å². The highest BCUT2D eigenvalue weighted by molar-refractivity contribution is 7.80. The average molecular weight is 398 g/mol. The van der Waals surface area contributed by atoms with E-state index in [9.17, 15) is 4.79 Å². The molecule has 0 bridgehead atoms. The second-order valence-corrected chi connectivity index (χ2v) is 7.46. The lowest BCUT2D eigenvalue weighted by Crippen LogP contribution is -2.36. The summed E-state index contributed by atoms with van der Waals surface area (Å²) in [5, 5.41) is 6.23. The Bertz CT molecular complexity index is 815. The Morgan fingerprint density at radius 1 is 1.14 bits per heavy atom. The van der Waals surface area contributed by atoms with Crippen LogP contribution in [0.5, 0.6) is 5.75 Å². The van der Waals surface area contributed by atoms with Crippen LogP contribution in [0.25, 0.3) is 0 Å². The van der Waals surface area contributed by atoms with Gasteiger partial charge >= 0.3 is 0 Å². The zero-order chi connectivity index (χ0) is 19.9. The van der Waals surface area contributed by atoms with Crippen molar-refractivity contribution >= 4 is 34.6 Å². The number of hydrogen-bond acceptors (Lipinski definition) is 4. The van der Waals surface area contributed by atoms with E-state index in [-0.39, 0.29) is 11.0 Å². The van der Waals surface area contributed by atoms with Crippen molar-refractivity contribution in [3.05, 3.63) is 54.1 Å². The number of para-hydroxylation sites is 2. The van der Waals surface area contributed by atoms with Crippen LogP contribution in [0, 0.1) is 5.92 Å². The maximum Gasteiger partial charge on any atom is 0.257 e. The molecule has 148 valence electrons. The van der Waals surface area contributed by atoms with E-state index in [2.05, 4.69) is 28.5 Å². The lowest BCUT2D eigenvalue weighted by Gasteiger charge is -2.33. The number of carbonyl (C=O) groups is 1. The highest BCUT2D eigenvalue weighted by atomic mass is 32.1. The topological polar surface area (TPSA) is 53.6 Å². The van der Waals surface area contributed by atoms with Gasteiger partial charge in [0.1, 0.15) is 5.75 Å². The minimum Gasteiger partial charge on any atom is -0.494 e. The van der Waals surface area contributed by atoms with Gasteiger partial charge in [-0.25, -0.2) is 0 Å². The number of rotatable bonds is 5. The first-order valence-corrected chi connectivity index (χ1v) is 10.2. The van der Waals surface area contributed by atoms with Gasteiger partial charge in [0.25, 0.3) is 5.91 Å². The number of amides is 1. The molecule has 0 saturated carbocycles. The molecular weight excluding hydrogens is 370 g/mol. The third-order valence-corrected chi connectivity index (χ3v) is 5.14. The maximum absolute atomic E-state index is 12.4. The van der Waals surface area contributed by atoms with Gasteiger partial charge in [-0.05, 0) is 74.3 Å². The molecule has 5 nitrogen and oxygen atoms in total. The molecule has 0 radical (unpaired) electrons. The molecule has 3 rings (SSSR count). The summed E-state index contributed by atoms with van der Waals surface area (Å²) in [7, 11) is 0. The van der Waals surface area contributed by atoms with Crippen LogP contribution in [0.1, 0.15) is 37.0 Å². The van der Waals surface area contributed by atoms with Crippen LogP contribution < -0.4 is 20.3 Å². The smallest absolute Gasteiger partial charge is 0.257 e. The number of ether oxygens (including phenoxy) is 1. The van der Waals surface area contributed by atoms with Crippen molar-refractivity contribution in [1.82, 2.24) is 5.32 Å². The van der Waals surface area contributed by atoms with Crippen molar-refractivity contribution < 1.29 is 9.53 Å². The molecule has 2 N–H and O–H groups in total. The van der Waals surface area contributed by atoms with Crippen molar-refractivity contribution in [2.24, 2.45) is 5.92 Å². The van der Waals surface area contributed by atoms with Gasteiger partial charge in [-0.1, -0.05) is 19.1 Å². The average Bonchev–Trinajstić information content (AvgIpc) is 2.70. The van der Waals surface area contributed by atoms with E-state index in [1.807, 2.05) is 25.1 Å². The van der Waals surface area contributed by atoms with E-state index < -0.39 is 0 Å². The van der Waals surface area contributed by atoms with Gasteiger partial charge in [0.15, 0.2) is 5.11 Å². The lowest BCUT2D eigenvalue weighted by atomic mass is 9.98. The van der Waals surface area contributed by atoms with Gasteiger partial charge in [-0.2, -0.15) is 0 Å². The van der Waals surface area contributed by atoms with Crippen molar-refractivity contribution in [3.63, 3.8) is 0 Å². The predicted molar refractivity (Wildman–Crippen MR) is 118 cm³/mol. The van der Waals surface area contributed by atoms with Crippen LogP contribution in [0.4, 0.5) is 11.4 Å². The van der Waals surface area contributed by atoms with Crippen LogP contribution >= 0.6 is 12.2 Å². The van der Waals surface area contributed by atoms with Gasteiger partial charge < -0.3 is 15.0 Å². The largest absolute Gasteiger partial charge is 0.494 e. The zero-order valence-corrected chi connectivity index (χ0v) is 17.2. The molecule has 1 aliphatic rings. The number of carbonyl (C=O) groups excluding carboxylic acids is 1. The number of benzene rings is 2. The number of anilines is 2. The summed E-state index contributed by atoms with van der Waals surface area (Å²) in [6.45, 7) is 6.88. The van der Waals surface area contributed by atoms with Gasteiger partial charge in [0.2, 0.25) is 0 Å². The van der Waals surface area contributed by atoms with E-state index in [4.69, 9.17) is 17.0 Å². The Hall–Kier alpha value is -2.60. The molecule has 1 saturated heterocycles. The lowest BCUT2D eigenvalue weighted by molar-refractivity contribution is 0.0977. The fourth-order valence-corrected chi connectivity index (χ4v) is 3.51. The second-order valence-electron chi connectivity index (χ2n) is 7.05. The zero-order valence-electron chi connectivity index (χ0n) is 16.4. The summed E-state index contributed by atoms with van der Waals surface area (Å²) in [5.74, 6) is 1.26. The Balaban J connectivity index is 1.62. The summed E-state index contributed by atoms with van der Waals surface area (Å²) >= 11 is 5.37. The van der Waals surface area contributed by atoms with Crippen LogP contribution in [0.15, 0.2) is 48.5 Å². The Morgan fingerprint density at radius 3 is 2.50 bits per heavy atom. The van der Waals surface area contributed by atoms with Crippen molar-refractivity contribution in [2.45, 2.75) is 26.7 Å². The predicted octanol–water partition coefficient (Wildman–Crippen LogP) is 4.45. The van der Waals surface area contributed by atoms with Crippen LogP contribution in [0.3, 0.4) is 0 Å². The number of hydrogen-bond donors (Lipinski definition) is 2. The molecular formula is C22H27N3O2S. The number of piperidine rings is 1. The first-order chi connectivity index (χ1) is 13.6. The van der Waals surface area contributed by atoms with Crippen molar-refractivity contribution in [3.8, 4) is 5.75 Å². The van der Waals surface area contributed by atoms with Crippen molar-refractivity contribution in [2.75, 3.05) is 29.9 Å². The van der Waals surface area contributed by atoms with Crippen LogP contribution in [-0.2, 0) is 0 Å². The summed E-state index contributed by atoms with van der Waals surface area (Å²) in [4.78, 5) is 14.8. The monoisotopic (exact) mass is 397 g/mol. The van der Waals surface area contributed by atoms with Gasteiger partial charge in [-0.3, -0.25) is 10.1 Å². The first-order valence-electron chi connectivity index (χ1n) is 9.76. The molecule has 2 aromatic rings. The van der Waals surface area contributed by atoms with E-state index in [0.29, 0.717) is 12.2 Å². The molecule has 0 unspecified atom stereocenters. The molecule has 28 heavy (non-hydrogen) atoms. The molecule has 1 fully saturated rings. The van der Waals surface area contributed by atoms with Crippen molar-refractivity contribution in [1.29, 1.82) is 0 Å². The molecule has 6 heteroatoms. The number of thiocarbonyl (C=S) groups is 1. The third kappa shape index (κ3) is 5.23. The SMILES string of the molecule is CCOc1ccc(C(=O)NC(=S)Nc2ccccc2N2CCC(C)CC2)cc1. The minimum atomic E-state index is -0.246. The summed E-state index contributed by atoms with van der Waals surface area (Å²) in [6.07, 6.45) is 2.38. The molecule has 2 aromatic carbocycles. The molecule has 0 aliphatic carbocycles. The van der Waals surface area contributed by atoms with Gasteiger partial charge in [0.05, 0.1) is 18.0 Å². The minimum absolute atomic E-state index is 0.246. The molecule has 0 spiro atoms. The van der Waals surface area contributed by atoms with Crippen LogP contribution in [0.2, 0.25) is 0 Å². The molecule has 1 aliphatic heterocycles. The normalized spacial score (nSPS) is 14.4. The van der Waals surface area contributed by atoms with Gasteiger partial charge in [0, 0.05) is 18.7 Å². The maximum atomic E-state index is 12.4. The second kappa shape index (κ2) is 9.55. The Labute approximate surface area is 172 Å². The molecule has 1 amide bonds. The fraction of sp³-hybridized carbons (Fsp3) is 0.364. The number of nitrogens with one attached hydrogen (secondary N) is 2. The Morgan fingerprint density at radius 2 is 1.82 bits per heavy atom. The third-order valence-electron chi connectivity index (χ3n) is 4.93. The summed E-state index contributed by atoms with van der Waals surface area (Å²) in [6, 6.07) is 15.1. The quantitative estimate of drug-likeness (QED) is 0.730. The molecule has 1 heterocycles. The first kappa shape index (κ1) is 20.1. The van der Waals surface area contributed by atoms with E-state index in [0.717, 1.165) is 36.1 Å². The highest BCUT2D eigenvalue weighted by Gasteiger charge is 2.18. The highest BCUT2D eigenvalue weighted by Crippen LogP contribution is 2.29. The molecule has 0 aromatic heterocycles. The fourth-order valence-electron chi connectivity index (χ4n) is 3.30. The molecule has 0 atom stereocenters. The summed E-state index contributed by atoms with van der Waals surface area (Å²) < 4.78 is 5.40. The summed E-state index contributed by atoms with van der Waals surface area (Å²) in [5.41, 5.74) is 2.56. The standard InChI is InChI=1S/C22H27N3O2S/c1-3-27-18-10-8-17(9-11-18)21(26)24-22(28)23-19-6-4-5-7-20(19)25-14-12-16(2)13-15-25/h4-11,16H,3,12-15H2,1-2H3,(H2,23,24,26,28). The van der Waals surface area contributed by atoms with E-state index >= 15 is 0 Å². The number of nitrogens with zero attached hydrogens (tertiary/aromatic N) is 1. The van der Waals surface area contributed by atoms with E-state index in [1.165, 1.54) is 12.8 Å².